The fraction of sp³-hybridized carbons (Fsp3) is 0.400. The Morgan fingerprint density at radius 3 is 2.61 bits per heavy atom. The van der Waals surface area contributed by atoms with Crippen LogP contribution in [0, 0.1) is 0 Å². The number of nitrogens with zero attached hydrogens (tertiary/aromatic N) is 1. The Morgan fingerprint density at radius 2 is 1.79 bits per heavy atom. The molecule has 1 saturated carbocycles. The maximum absolute atomic E-state index is 12.7. The van der Waals surface area contributed by atoms with Gasteiger partial charge < -0.3 is 19.1 Å². The molecule has 1 aliphatic heterocycles. The van der Waals surface area contributed by atoms with Crippen LogP contribution in [0.3, 0.4) is 0 Å². The van der Waals surface area contributed by atoms with E-state index in [-0.39, 0.29) is 30.8 Å². The van der Waals surface area contributed by atoms with E-state index in [4.69, 9.17) is 14.2 Å². The monoisotopic (exact) mass is 469 g/mol. The Labute approximate surface area is 197 Å². The van der Waals surface area contributed by atoms with Crippen LogP contribution >= 0.6 is 11.8 Å². The average molecular weight is 470 g/mol. The zero-order valence-electron chi connectivity index (χ0n) is 18.6. The van der Waals surface area contributed by atoms with E-state index in [9.17, 15) is 14.4 Å². The van der Waals surface area contributed by atoms with Crippen LogP contribution in [0.2, 0.25) is 0 Å². The lowest BCUT2D eigenvalue weighted by Gasteiger charge is -2.31. The summed E-state index contributed by atoms with van der Waals surface area (Å²) in [7, 11) is 1.86. The van der Waals surface area contributed by atoms with Crippen LogP contribution in [-0.4, -0.2) is 54.8 Å². The number of hydrogen-bond acceptors (Lipinski definition) is 7. The third-order valence-electron chi connectivity index (χ3n) is 6.00. The molecule has 2 aliphatic rings. The second kappa shape index (κ2) is 10.7. The first kappa shape index (κ1) is 23.2. The molecule has 8 heteroatoms. The van der Waals surface area contributed by atoms with Crippen LogP contribution in [0.5, 0.6) is 11.5 Å². The largest absolute Gasteiger partial charge is 0.454 e. The van der Waals surface area contributed by atoms with Gasteiger partial charge >= 0.3 is 5.97 Å². The number of thioether (sulfide) groups is 1. The molecule has 1 amide bonds. The van der Waals surface area contributed by atoms with Crippen LogP contribution in [-0.2, 0) is 9.53 Å². The van der Waals surface area contributed by atoms with Crippen molar-refractivity contribution in [2.45, 2.75) is 43.0 Å². The highest BCUT2D eigenvalue weighted by Crippen LogP contribution is 2.32. The number of fused-ring (bicyclic) bond motifs is 1. The molecule has 0 atom stereocenters. The van der Waals surface area contributed by atoms with Gasteiger partial charge in [-0.3, -0.25) is 9.59 Å². The van der Waals surface area contributed by atoms with E-state index >= 15 is 0 Å². The van der Waals surface area contributed by atoms with Gasteiger partial charge in [-0.1, -0.05) is 31.4 Å². The van der Waals surface area contributed by atoms with Crippen LogP contribution in [0.4, 0.5) is 0 Å². The first-order valence-corrected chi connectivity index (χ1v) is 12.1. The number of Topliss-reactive ketones (excluding diaryl/α,β-unsaturated/α-hetero) is 1. The Morgan fingerprint density at radius 1 is 1.03 bits per heavy atom. The maximum atomic E-state index is 12.7. The molecule has 4 rings (SSSR count). The van der Waals surface area contributed by atoms with Gasteiger partial charge in [0.15, 0.2) is 23.9 Å². The van der Waals surface area contributed by atoms with Crippen LogP contribution in [0.1, 0.15) is 52.8 Å². The highest BCUT2D eigenvalue weighted by molar-refractivity contribution is 8.00. The highest BCUT2D eigenvalue weighted by atomic mass is 32.2. The number of amides is 1. The van der Waals surface area contributed by atoms with Crippen LogP contribution in [0.15, 0.2) is 47.4 Å². The fourth-order valence-electron chi connectivity index (χ4n) is 4.04. The summed E-state index contributed by atoms with van der Waals surface area (Å²) >= 11 is 1.31. The number of carbonyl (C=O) groups is 3. The minimum Gasteiger partial charge on any atom is -0.454 e. The van der Waals surface area contributed by atoms with Gasteiger partial charge in [-0.25, -0.2) is 4.79 Å². The summed E-state index contributed by atoms with van der Waals surface area (Å²) in [4.78, 5) is 40.3. The fourth-order valence-corrected chi connectivity index (χ4v) is 5.00. The van der Waals surface area contributed by atoms with E-state index in [2.05, 4.69) is 0 Å². The van der Waals surface area contributed by atoms with E-state index in [0.717, 1.165) is 25.7 Å². The summed E-state index contributed by atoms with van der Waals surface area (Å²) < 4.78 is 15.8. The van der Waals surface area contributed by atoms with Crippen molar-refractivity contribution < 1.29 is 28.6 Å². The standard InChI is InChI=1S/C25H27NO6S/c1-26(18-7-3-2-4-8-18)24(28)15-33-23-10-6-5-9-19(23)25(29)30-14-20(27)17-11-12-21-22(13-17)32-16-31-21/h5-6,9-13,18H,2-4,7-8,14-16H2,1H3. The van der Waals surface area contributed by atoms with Crippen molar-refractivity contribution in [2.24, 2.45) is 0 Å². The summed E-state index contributed by atoms with van der Waals surface area (Å²) in [5.41, 5.74) is 0.722. The molecule has 0 radical (unpaired) electrons. The van der Waals surface area contributed by atoms with Crippen molar-refractivity contribution in [1.82, 2.24) is 4.90 Å². The minimum atomic E-state index is -0.597. The van der Waals surface area contributed by atoms with Crippen molar-refractivity contribution in [1.29, 1.82) is 0 Å². The molecule has 33 heavy (non-hydrogen) atoms. The molecule has 1 fully saturated rings. The molecule has 0 aromatic heterocycles. The van der Waals surface area contributed by atoms with Crippen molar-refractivity contribution in [3.8, 4) is 11.5 Å². The van der Waals surface area contributed by atoms with Gasteiger partial charge in [0.05, 0.1) is 11.3 Å². The number of benzene rings is 2. The number of esters is 1. The van der Waals surface area contributed by atoms with Gasteiger partial charge in [-0.05, 0) is 43.2 Å². The lowest BCUT2D eigenvalue weighted by atomic mass is 9.94. The predicted molar refractivity (Wildman–Crippen MR) is 124 cm³/mol. The smallest absolute Gasteiger partial charge is 0.339 e. The first-order chi connectivity index (χ1) is 16.0. The Hall–Kier alpha value is -3.00. The first-order valence-electron chi connectivity index (χ1n) is 11.1. The summed E-state index contributed by atoms with van der Waals surface area (Å²) in [5.74, 6) is 0.437. The molecular weight excluding hydrogens is 442 g/mol. The van der Waals surface area contributed by atoms with Crippen molar-refractivity contribution in [2.75, 3.05) is 26.2 Å². The third-order valence-corrected chi connectivity index (χ3v) is 7.06. The number of carbonyl (C=O) groups excluding carboxylic acids is 3. The number of ketones is 1. The molecule has 0 bridgehead atoms. The highest BCUT2D eigenvalue weighted by Gasteiger charge is 2.23. The molecule has 0 unspecified atom stereocenters. The molecule has 1 heterocycles. The predicted octanol–water partition coefficient (Wildman–Crippen LogP) is 4.34. The summed E-state index contributed by atoms with van der Waals surface area (Å²) in [5, 5.41) is 0. The van der Waals surface area contributed by atoms with E-state index in [1.807, 2.05) is 18.0 Å². The van der Waals surface area contributed by atoms with Gasteiger partial charge in [0, 0.05) is 23.5 Å². The molecular formula is C25H27NO6S. The van der Waals surface area contributed by atoms with Crippen molar-refractivity contribution in [3.05, 3.63) is 53.6 Å². The third kappa shape index (κ3) is 5.68. The molecule has 7 nitrogen and oxygen atoms in total. The van der Waals surface area contributed by atoms with Crippen molar-refractivity contribution in [3.63, 3.8) is 0 Å². The average Bonchev–Trinajstić information content (AvgIpc) is 3.34. The summed E-state index contributed by atoms with van der Waals surface area (Å²) in [6.07, 6.45) is 5.66. The van der Waals surface area contributed by atoms with E-state index in [0.29, 0.717) is 33.6 Å². The second-order valence-electron chi connectivity index (χ2n) is 8.15. The number of hydrogen-bond donors (Lipinski definition) is 0. The SMILES string of the molecule is CN(C(=O)CSc1ccccc1C(=O)OCC(=O)c1ccc2c(c1)OCO2)C1CCCCC1. The van der Waals surface area contributed by atoms with Crippen LogP contribution < -0.4 is 9.47 Å². The van der Waals surface area contributed by atoms with Gasteiger partial charge in [0.25, 0.3) is 0 Å². The quantitative estimate of drug-likeness (QED) is 0.323. The van der Waals surface area contributed by atoms with Crippen molar-refractivity contribution >= 4 is 29.4 Å². The lowest BCUT2D eigenvalue weighted by molar-refractivity contribution is -0.129. The summed E-state index contributed by atoms with van der Waals surface area (Å²) in [6, 6.07) is 12.1. The Kier molecular flexibility index (Phi) is 7.54. The molecule has 1 aliphatic carbocycles. The van der Waals surface area contributed by atoms with Gasteiger partial charge in [-0.15, -0.1) is 11.8 Å². The van der Waals surface area contributed by atoms with E-state index < -0.39 is 5.97 Å². The van der Waals surface area contributed by atoms with Gasteiger partial charge in [0.2, 0.25) is 12.7 Å². The summed E-state index contributed by atoms with van der Waals surface area (Å²) in [6.45, 7) is -0.268. The molecule has 0 spiro atoms. The number of ether oxygens (including phenoxy) is 3. The molecule has 2 aromatic rings. The Balaban J connectivity index is 1.33. The second-order valence-corrected chi connectivity index (χ2v) is 9.17. The van der Waals surface area contributed by atoms with E-state index in [1.165, 1.54) is 18.2 Å². The topological polar surface area (TPSA) is 82.1 Å². The zero-order valence-corrected chi connectivity index (χ0v) is 19.4. The normalized spacial score (nSPS) is 15.2. The van der Waals surface area contributed by atoms with Gasteiger partial charge in [-0.2, -0.15) is 0 Å². The van der Waals surface area contributed by atoms with E-state index in [1.54, 1.807) is 36.4 Å². The molecule has 174 valence electrons. The number of rotatable bonds is 8. The minimum absolute atomic E-state index is 0.0491. The van der Waals surface area contributed by atoms with Gasteiger partial charge in [0.1, 0.15) is 0 Å². The molecule has 0 N–H and O–H groups in total. The maximum Gasteiger partial charge on any atom is 0.339 e. The lowest BCUT2D eigenvalue weighted by Crippen LogP contribution is -2.39. The molecule has 0 saturated heterocycles. The molecule has 2 aromatic carbocycles. The Bertz CT molecular complexity index is 1030. The zero-order chi connectivity index (χ0) is 23.2. The van der Waals surface area contributed by atoms with Crippen LogP contribution in [0.25, 0.3) is 0 Å².